The number of ether oxygens (including phenoxy) is 1. The number of hydrogen-bond donors (Lipinski definition) is 1. The summed E-state index contributed by atoms with van der Waals surface area (Å²) in [4.78, 5) is 35.7. The normalized spacial score (nSPS) is 20.5. The van der Waals surface area contributed by atoms with E-state index in [-0.39, 0.29) is 36.2 Å². The van der Waals surface area contributed by atoms with Crippen LogP contribution in [0.5, 0.6) is 0 Å². The van der Waals surface area contributed by atoms with E-state index < -0.39 is 17.9 Å². The third-order valence-electron chi connectivity index (χ3n) is 5.58. The van der Waals surface area contributed by atoms with Crippen molar-refractivity contribution in [2.24, 2.45) is 0 Å². The predicted octanol–water partition coefficient (Wildman–Crippen LogP) is 3.39. The van der Waals surface area contributed by atoms with Crippen LogP contribution >= 0.6 is 0 Å². The Balaban J connectivity index is 1.60. The molecule has 1 fully saturated rings. The van der Waals surface area contributed by atoms with Crippen LogP contribution in [0.4, 0.5) is 19.0 Å². The van der Waals surface area contributed by atoms with Crippen LogP contribution in [0.3, 0.4) is 0 Å². The van der Waals surface area contributed by atoms with Gasteiger partial charge in [-0.25, -0.2) is 24.9 Å². The number of morpholine rings is 1. The molecule has 1 aliphatic heterocycles. The number of hydrogen-bond acceptors (Lipinski definition) is 8. The lowest BCUT2D eigenvalue weighted by Gasteiger charge is -2.43. The molecule has 0 aromatic carbocycles. The van der Waals surface area contributed by atoms with Gasteiger partial charge in [-0.1, -0.05) is 0 Å². The molecule has 35 heavy (non-hydrogen) atoms. The highest BCUT2D eigenvalue weighted by molar-refractivity contribution is 5.98. The predicted molar refractivity (Wildman–Crippen MR) is 120 cm³/mol. The Morgan fingerprint density at radius 2 is 1.89 bits per heavy atom. The van der Waals surface area contributed by atoms with E-state index in [1.54, 1.807) is 42.4 Å². The fraction of sp³-hybridized carbons (Fsp3) is 0.391. The molecule has 0 radical (unpaired) electrons. The summed E-state index contributed by atoms with van der Waals surface area (Å²) in [6, 6.07) is 4.79. The molecule has 0 spiro atoms. The molecule has 1 saturated heterocycles. The van der Waals surface area contributed by atoms with Crippen molar-refractivity contribution in [1.82, 2.24) is 29.8 Å². The van der Waals surface area contributed by atoms with Gasteiger partial charge in [0.05, 0.1) is 36.2 Å². The molecular formula is C23H24F3N7O2. The number of alkyl halides is 3. The number of amides is 1. The lowest BCUT2D eigenvalue weighted by atomic mass is 10.0. The van der Waals surface area contributed by atoms with Crippen LogP contribution in [0.2, 0.25) is 0 Å². The number of anilines is 1. The number of halogens is 3. The lowest BCUT2D eigenvalue weighted by molar-refractivity contribution is -0.141. The zero-order chi connectivity index (χ0) is 25.2. The fourth-order valence-corrected chi connectivity index (χ4v) is 3.92. The van der Waals surface area contributed by atoms with Crippen LogP contribution in [-0.2, 0) is 10.9 Å². The average Bonchev–Trinajstić information content (AvgIpc) is 2.83. The van der Waals surface area contributed by atoms with Crippen molar-refractivity contribution in [1.29, 1.82) is 0 Å². The summed E-state index contributed by atoms with van der Waals surface area (Å²) in [5.41, 5.74) is 0.312. The Morgan fingerprint density at radius 3 is 2.54 bits per heavy atom. The van der Waals surface area contributed by atoms with Gasteiger partial charge >= 0.3 is 6.18 Å². The number of carbonyl (C=O) groups excluding carboxylic acids is 1. The van der Waals surface area contributed by atoms with Gasteiger partial charge in [0.1, 0.15) is 11.5 Å². The number of rotatable bonds is 5. The molecule has 1 amide bonds. The highest BCUT2D eigenvalue weighted by Gasteiger charge is 2.38. The molecule has 9 nitrogen and oxygen atoms in total. The summed E-state index contributed by atoms with van der Waals surface area (Å²) in [6.07, 6.45) is -0.301. The van der Waals surface area contributed by atoms with E-state index in [2.05, 4.69) is 30.2 Å². The Kier molecular flexibility index (Phi) is 6.92. The number of nitrogens with one attached hydrogen (secondary N) is 1. The summed E-state index contributed by atoms with van der Waals surface area (Å²) < 4.78 is 44.3. The molecule has 4 heterocycles. The van der Waals surface area contributed by atoms with Gasteiger partial charge < -0.3 is 15.0 Å². The molecule has 1 N–H and O–H groups in total. The van der Waals surface area contributed by atoms with E-state index in [0.29, 0.717) is 29.8 Å². The van der Waals surface area contributed by atoms with Crippen molar-refractivity contribution >= 4 is 11.7 Å². The van der Waals surface area contributed by atoms with E-state index in [4.69, 9.17) is 4.74 Å². The smallest absolute Gasteiger partial charge is 0.372 e. The van der Waals surface area contributed by atoms with Gasteiger partial charge in [-0.15, -0.1) is 0 Å². The first-order chi connectivity index (χ1) is 16.6. The first-order valence-corrected chi connectivity index (χ1v) is 11.0. The van der Waals surface area contributed by atoms with Crippen LogP contribution in [0.1, 0.15) is 35.7 Å². The summed E-state index contributed by atoms with van der Waals surface area (Å²) in [7, 11) is 0. The first-order valence-electron chi connectivity index (χ1n) is 11.0. The van der Waals surface area contributed by atoms with Crippen molar-refractivity contribution in [2.45, 2.75) is 45.2 Å². The topological polar surface area (TPSA) is 106 Å². The van der Waals surface area contributed by atoms with Crippen molar-refractivity contribution in [3.05, 3.63) is 60.1 Å². The van der Waals surface area contributed by atoms with Crippen molar-refractivity contribution in [2.75, 3.05) is 18.4 Å². The molecule has 1 aliphatic rings. The monoisotopic (exact) mass is 487 g/mol. The average molecular weight is 487 g/mol. The molecular weight excluding hydrogens is 463 g/mol. The van der Waals surface area contributed by atoms with Gasteiger partial charge in [0, 0.05) is 31.2 Å². The van der Waals surface area contributed by atoms with Crippen LogP contribution in [0, 0.1) is 6.92 Å². The van der Waals surface area contributed by atoms with E-state index in [1.807, 2.05) is 13.8 Å². The molecule has 184 valence electrons. The zero-order valence-electron chi connectivity index (χ0n) is 19.3. The molecule has 3 unspecified atom stereocenters. The molecule has 0 saturated carbocycles. The summed E-state index contributed by atoms with van der Waals surface area (Å²) in [5, 5.41) is 2.97. The Bertz CT molecular complexity index is 1180. The largest absolute Gasteiger partial charge is 0.434 e. The maximum atomic E-state index is 13.8. The van der Waals surface area contributed by atoms with Crippen LogP contribution in [0.25, 0.3) is 11.4 Å². The third-order valence-corrected chi connectivity index (χ3v) is 5.58. The molecule has 3 aromatic rings. The van der Waals surface area contributed by atoms with Crippen molar-refractivity contribution in [3.8, 4) is 11.4 Å². The Morgan fingerprint density at radius 1 is 1.14 bits per heavy atom. The number of nitrogens with zero attached hydrogens (tertiary/aromatic N) is 6. The fourth-order valence-electron chi connectivity index (χ4n) is 3.92. The number of pyridine rings is 1. The van der Waals surface area contributed by atoms with Gasteiger partial charge in [0.25, 0.3) is 5.91 Å². The highest BCUT2D eigenvalue weighted by atomic mass is 19.4. The van der Waals surface area contributed by atoms with Gasteiger partial charge in [-0.2, -0.15) is 13.2 Å². The molecule has 12 heteroatoms. The third kappa shape index (κ3) is 5.53. The second kappa shape index (κ2) is 9.90. The quantitative estimate of drug-likeness (QED) is 0.584. The zero-order valence-corrected chi connectivity index (χ0v) is 19.3. The van der Waals surface area contributed by atoms with Crippen LogP contribution in [-0.4, -0.2) is 67.1 Å². The number of aryl methyl sites for hydroxylation is 1. The van der Waals surface area contributed by atoms with E-state index >= 15 is 0 Å². The van der Waals surface area contributed by atoms with Gasteiger partial charge in [0.2, 0.25) is 0 Å². The number of carbonyl (C=O) groups is 1. The Labute approximate surface area is 199 Å². The minimum atomic E-state index is -4.57. The first kappa shape index (κ1) is 24.5. The van der Waals surface area contributed by atoms with E-state index in [9.17, 15) is 18.0 Å². The minimum Gasteiger partial charge on any atom is -0.372 e. The Hall–Kier alpha value is -3.67. The molecule has 4 rings (SSSR count). The van der Waals surface area contributed by atoms with E-state index in [0.717, 1.165) is 6.20 Å². The lowest BCUT2D eigenvalue weighted by Crippen LogP contribution is -2.58. The molecule has 0 aliphatic carbocycles. The summed E-state index contributed by atoms with van der Waals surface area (Å²) >= 11 is 0. The molecule has 3 aromatic heterocycles. The van der Waals surface area contributed by atoms with Crippen LogP contribution < -0.4 is 5.32 Å². The maximum absolute atomic E-state index is 13.8. The standard InChI is InChI=1S/C23H24F3N7O2/c1-13-5-6-16(21-27-7-4-8-28-21)20(32-13)22(34)33-12-14(2)35-15(3)17(33)9-30-19-11-29-18(10-31-19)23(24,25)26/h4-8,10-11,14-15,17H,9,12H2,1-3H3,(H,30,31). The van der Waals surface area contributed by atoms with Gasteiger partial charge in [-0.3, -0.25) is 4.79 Å². The van der Waals surface area contributed by atoms with Crippen LogP contribution in [0.15, 0.2) is 43.0 Å². The van der Waals surface area contributed by atoms with Gasteiger partial charge in [0.15, 0.2) is 11.5 Å². The number of aromatic nitrogens is 5. The van der Waals surface area contributed by atoms with Gasteiger partial charge in [-0.05, 0) is 39.0 Å². The SMILES string of the molecule is Cc1ccc(-c2ncccn2)c(C(=O)N2CC(C)OC(C)C2CNc2cnc(C(F)(F)F)cn2)n1. The van der Waals surface area contributed by atoms with Crippen molar-refractivity contribution < 1.29 is 22.7 Å². The minimum absolute atomic E-state index is 0.156. The highest BCUT2D eigenvalue weighted by Crippen LogP contribution is 2.28. The molecule has 0 bridgehead atoms. The second-order valence-electron chi connectivity index (χ2n) is 8.26. The maximum Gasteiger partial charge on any atom is 0.434 e. The van der Waals surface area contributed by atoms with E-state index in [1.165, 1.54) is 0 Å². The second-order valence-corrected chi connectivity index (χ2v) is 8.26. The molecule has 3 atom stereocenters. The summed E-state index contributed by atoms with van der Waals surface area (Å²) in [5.74, 6) is 0.221. The van der Waals surface area contributed by atoms with Crippen molar-refractivity contribution in [3.63, 3.8) is 0 Å². The summed E-state index contributed by atoms with van der Waals surface area (Å²) in [6.45, 7) is 5.99.